The number of ether oxygens (including phenoxy) is 2. The minimum absolute atomic E-state index is 0.110. The maximum absolute atomic E-state index is 12.4. The van der Waals surface area contributed by atoms with Crippen molar-refractivity contribution in [3.8, 4) is 11.5 Å². The Morgan fingerprint density at radius 1 is 0.903 bits per heavy atom. The smallest absolute Gasteiger partial charge is 0.284 e. The minimum atomic E-state index is -0.789. The molecule has 0 spiro atoms. The first-order chi connectivity index (χ1) is 15.1. The molecule has 0 saturated heterocycles. The van der Waals surface area contributed by atoms with Crippen LogP contribution >= 0.6 is 0 Å². The number of hydrogen-bond acceptors (Lipinski definition) is 5. The predicted octanol–water partition coefficient (Wildman–Crippen LogP) is 3.62. The monoisotopic (exact) mass is 415 g/mol. The Morgan fingerprint density at radius 3 is 2.42 bits per heavy atom. The second-order valence-corrected chi connectivity index (χ2v) is 6.94. The van der Waals surface area contributed by atoms with E-state index in [0.717, 1.165) is 5.56 Å². The van der Waals surface area contributed by atoms with Gasteiger partial charge in [0.15, 0.2) is 11.5 Å². The minimum Gasteiger partial charge on any atom is -0.485 e. The molecule has 156 valence electrons. The lowest BCUT2D eigenvalue weighted by Crippen LogP contribution is -2.42. The topological polar surface area (TPSA) is 89.0 Å². The van der Waals surface area contributed by atoms with E-state index in [1.54, 1.807) is 43.3 Å². The van der Waals surface area contributed by atoms with Crippen molar-refractivity contribution < 1.29 is 19.1 Å². The van der Waals surface area contributed by atoms with Crippen LogP contribution in [0.1, 0.15) is 22.8 Å². The molecule has 0 bridgehead atoms. The van der Waals surface area contributed by atoms with Gasteiger partial charge in [-0.15, -0.1) is 0 Å². The van der Waals surface area contributed by atoms with Gasteiger partial charge in [-0.25, -0.2) is 5.43 Å². The van der Waals surface area contributed by atoms with Gasteiger partial charge in [0.05, 0.1) is 5.71 Å². The maximum atomic E-state index is 12.4. The van der Waals surface area contributed by atoms with E-state index in [1.807, 2.05) is 42.5 Å². The third-order valence-corrected chi connectivity index (χ3v) is 4.71. The van der Waals surface area contributed by atoms with Crippen LogP contribution in [0.15, 0.2) is 84.0 Å². The third kappa shape index (κ3) is 4.90. The average molecular weight is 415 g/mol. The molecule has 7 nitrogen and oxygen atoms in total. The van der Waals surface area contributed by atoms with Gasteiger partial charge in [-0.2, -0.15) is 5.10 Å². The van der Waals surface area contributed by atoms with E-state index in [-0.39, 0.29) is 12.5 Å². The number of nitrogens with zero attached hydrogens (tertiary/aromatic N) is 1. The second kappa shape index (κ2) is 9.13. The zero-order valence-electron chi connectivity index (χ0n) is 16.9. The Hall–Kier alpha value is -4.13. The van der Waals surface area contributed by atoms with E-state index >= 15 is 0 Å². The summed E-state index contributed by atoms with van der Waals surface area (Å²) in [6, 6.07) is 23.4. The van der Waals surface area contributed by atoms with Crippen molar-refractivity contribution in [2.45, 2.75) is 13.0 Å². The highest BCUT2D eigenvalue weighted by molar-refractivity contribution is 6.05. The number of nitrogens with one attached hydrogen (secondary N) is 2. The van der Waals surface area contributed by atoms with Gasteiger partial charge < -0.3 is 14.8 Å². The Kier molecular flexibility index (Phi) is 5.93. The number of amides is 2. The van der Waals surface area contributed by atoms with Gasteiger partial charge in [0.2, 0.25) is 6.10 Å². The molecule has 4 rings (SSSR count). The number of para-hydroxylation sites is 2. The molecule has 1 heterocycles. The first-order valence-corrected chi connectivity index (χ1v) is 9.79. The van der Waals surface area contributed by atoms with Crippen molar-refractivity contribution in [2.24, 2.45) is 5.10 Å². The Bertz CT molecular complexity index is 1130. The molecule has 2 N–H and O–H groups in total. The molecule has 0 fully saturated rings. The van der Waals surface area contributed by atoms with Gasteiger partial charge in [0.1, 0.15) is 6.61 Å². The molecule has 0 aromatic heterocycles. The van der Waals surface area contributed by atoms with Gasteiger partial charge in [-0.3, -0.25) is 9.59 Å². The molecule has 2 amide bonds. The number of anilines is 1. The Labute approximate surface area is 179 Å². The summed E-state index contributed by atoms with van der Waals surface area (Å²) in [4.78, 5) is 24.8. The summed E-state index contributed by atoms with van der Waals surface area (Å²) in [7, 11) is 0. The van der Waals surface area contributed by atoms with E-state index in [1.165, 1.54) is 0 Å². The van der Waals surface area contributed by atoms with Gasteiger partial charge >= 0.3 is 0 Å². The lowest BCUT2D eigenvalue weighted by atomic mass is 10.1. The average Bonchev–Trinajstić information content (AvgIpc) is 2.82. The molecule has 0 unspecified atom stereocenters. The largest absolute Gasteiger partial charge is 0.485 e. The van der Waals surface area contributed by atoms with Gasteiger partial charge in [-0.05, 0) is 48.9 Å². The number of hydrogen-bond donors (Lipinski definition) is 2. The lowest BCUT2D eigenvalue weighted by molar-refractivity contribution is -0.130. The summed E-state index contributed by atoms with van der Waals surface area (Å²) < 4.78 is 11.2. The zero-order chi connectivity index (χ0) is 21.6. The first kappa shape index (κ1) is 20.2. The molecule has 1 atom stereocenters. The molecule has 0 aliphatic carbocycles. The molecular weight excluding hydrogens is 394 g/mol. The van der Waals surface area contributed by atoms with Crippen molar-refractivity contribution in [1.29, 1.82) is 0 Å². The van der Waals surface area contributed by atoms with E-state index in [0.29, 0.717) is 28.5 Å². The highest BCUT2D eigenvalue weighted by Gasteiger charge is 2.27. The van der Waals surface area contributed by atoms with Crippen molar-refractivity contribution in [2.75, 3.05) is 11.9 Å². The summed E-state index contributed by atoms with van der Waals surface area (Å²) in [5.74, 6) is 0.537. The number of fused-ring (bicyclic) bond motifs is 1. The third-order valence-electron chi connectivity index (χ3n) is 4.71. The van der Waals surface area contributed by atoms with Crippen LogP contribution < -0.4 is 20.2 Å². The predicted molar refractivity (Wildman–Crippen MR) is 118 cm³/mol. The Morgan fingerprint density at radius 2 is 1.61 bits per heavy atom. The fourth-order valence-corrected chi connectivity index (χ4v) is 3.04. The standard InChI is InChI=1S/C24H21N3O4/c1-16(26-27-24(29)22-15-30-20-12-5-6-13-21(20)31-22)18-10-7-11-19(14-18)25-23(28)17-8-3-2-4-9-17/h2-14,22H,15H2,1H3,(H,25,28)(H,27,29)/b26-16-/t22-/m0/s1. The molecule has 3 aromatic carbocycles. The fourth-order valence-electron chi connectivity index (χ4n) is 3.04. The summed E-state index contributed by atoms with van der Waals surface area (Å²) in [5.41, 5.74) is 5.07. The molecule has 0 radical (unpaired) electrons. The second-order valence-electron chi connectivity index (χ2n) is 6.94. The molecular formula is C24H21N3O4. The van der Waals surface area contributed by atoms with Crippen LogP contribution in [0.3, 0.4) is 0 Å². The highest BCUT2D eigenvalue weighted by Crippen LogP contribution is 2.30. The number of hydrazone groups is 1. The molecule has 3 aromatic rings. The van der Waals surface area contributed by atoms with Crippen LogP contribution in [0.5, 0.6) is 11.5 Å². The maximum Gasteiger partial charge on any atom is 0.284 e. The summed E-state index contributed by atoms with van der Waals surface area (Å²) in [5, 5.41) is 7.03. The lowest BCUT2D eigenvalue weighted by Gasteiger charge is -2.24. The van der Waals surface area contributed by atoms with E-state index in [4.69, 9.17) is 9.47 Å². The SMILES string of the molecule is C/C(=N/NC(=O)[C@@H]1COc2ccccc2O1)c1cccc(NC(=O)c2ccccc2)c1. The van der Waals surface area contributed by atoms with E-state index in [2.05, 4.69) is 15.8 Å². The summed E-state index contributed by atoms with van der Waals surface area (Å²) in [6.07, 6.45) is -0.789. The van der Waals surface area contributed by atoms with Crippen LogP contribution in [0, 0.1) is 0 Å². The number of rotatable bonds is 5. The quantitative estimate of drug-likeness (QED) is 0.492. The molecule has 7 heteroatoms. The number of benzene rings is 3. The highest BCUT2D eigenvalue weighted by atomic mass is 16.6. The molecule has 31 heavy (non-hydrogen) atoms. The van der Waals surface area contributed by atoms with Gasteiger partial charge in [0, 0.05) is 11.3 Å². The number of carbonyl (C=O) groups excluding carboxylic acids is 2. The van der Waals surface area contributed by atoms with Crippen molar-refractivity contribution in [3.05, 3.63) is 90.0 Å². The molecule has 1 aliphatic heterocycles. The van der Waals surface area contributed by atoms with Crippen LogP contribution in [0.2, 0.25) is 0 Å². The Balaban J connectivity index is 1.39. The van der Waals surface area contributed by atoms with Gasteiger partial charge in [0.25, 0.3) is 11.8 Å². The molecule has 0 saturated carbocycles. The van der Waals surface area contributed by atoms with Crippen molar-refractivity contribution in [3.63, 3.8) is 0 Å². The number of carbonyl (C=O) groups is 2. The first-order valence-electron chi connectivity index (χ1n) is 9.79. The van der Waals surface area contributed by atoms with Crippen molar-refractivity contribution >= 4 is 23.2 Å². The van der Waals surface area contributed by atoms with Crippen LogP contribution in [-0.2, 0) is 4.79 Å². The van der Waals surface area contributed by atoms with E-state index < -0.39 is 12.0 Å². The van der Waals surface area contributed by atoms with Crippen LogP contribution in [-0.4, -0.2) is 30.2 Å². The van der Waals surface area contributed by atoms with Crippen LogP contribution in [0.4, 0.5) is 5.69 Å². The molecule has 1 aliphatic rings. The summed E-state index contributed by atoms with van der Waals surface area (Å²) >= 11 is 0. The van der Waals surface area contributed by atoms with Crippen molar-refractivity contribution in [1.82, 2.24) is 5.43 Å². The zero-order valence-corrected chi connectivity index (χ0v) is 16.9. The van der Waals surface area contributed by atoms with E-state index in [9.17, 15) is 9.59 Å². The normalized spacial score (nSPS) is 15.1. The summed E-state index contributed by atoms with van der Waals surface area (Å²) in [6.45, 7) is 1.88. The fraction of sp³-hybridized carbons (Fsp3) is 0.125. The van der Waals surface area contributed by atoms with Crippen LogP contribution in [0.25, 0.3) is 0 Å². The van der Waals surface area contributed by atoms with Gasteiger partial charge in [-0.1, -0.05) is 42.5 Å².